The van der Waals surface area contributed by atoms with E-state index in [0.29, 0.717) is 17.3 Å². The van der Waals surface area contributed by atoms with Crippen LogP contribution >= 0.6 is 11.8 Å². The molecule has 0 atom stereocenters. The van der Waals surface area contributed by atoms with Gasteiger partial charge in [-0.25, -0.2) is 0 Å². The lowest BCUT2D eigenvalue weighted by Crippen LogP contribution is -2.14. The molecule has 0 aliphatic carbocycles. The van der Waals surface area contributed by atoms with Crippen molar-refractivity contribution in [3.63, 3.8) is 0 Å². The molecule has 1 N–H and O–H groups in total. The van der Waals surface area contributed by atoms with Crippen LogP contribution in [-0.4, -0.2) is 31.9 Å². The minimum absolute atomic E-state index is 0.151. The van der Waals surface area contributed by atoms with Crippen molar-refractivity contribution < 1.29 is 4.79 Å². The molecule has 1 heterocycles. The number of tetrazole rings is 1. The Hall–Kier alpha value is -3.18. The number of carbonyl (C=O) groups excluding carboxylic acids is 1. The molecule has 26 heavy (non-hydrogen) atoms. The lowest BCUT2D eigenvalue weighted by molar-refractivity contribution is -0.113. The Balaban J connectivity index is 1.60. The van der Waals surface area contributed by atoms with Crippen molar-refractivity contribution in [1.29, 1.82) is 5.26 Å². The standard InChI is InChI=1S/C18H16N6OS/c1-13-3-2-4-16(11-13)24-18(21-22-23-24)26-12-17(25)20-15-7-5-14(6-8-15)9-10-19/h2-8,11H,9,12H2,1H3,(H,20,25). The van der Waals surface area contributed by atoms with Crippen LogP contribution in [0.15, 0.2) is 53.7 Å². The van der Waals surface area contributed by atoms with Gasteiger partial charge in [0.2, 0.25) is 11.1 Å². The number of thioether (sulfide) groups is 1. The zero-order chi connectivity index (χ0) is 18.4. The van der Waals surface area contributed by atoms with E-state index in [2.05, 4.69) is 26.9 Å². The number of anilines is 1. The molecular weight excluding hydrogens is 348 g/mol. The van der Waals surface area contributed by atoms with Gasteiger partial charge in [-0.15, -0.1) is 5.10 Å². The van der Waals surface area contributed by atoms with Crippen molar-refractivity contribution in [2.75, 3.05) is 11.1 Å². The molecule has 1 amide bonds. The van der Waals surface area contributed by atoms with Gasteiger partial charge in [0.25, 0.3) is 0 Å². The van der Waals surface area contributed by atoms with E-state index in [4.69, 9.17) is 5.26 Å². The zero-order valence-corrected chi connectivity index (χ0v) is 14.9. The number of carbonyl (C=O) groups is 1. The predicted octanol–water partition coefficient (Wildman–Crippen LogP) is 2.77. The SMILES string of the molecule is Cc1cccc(-n2nnnc2SCC(=O)Nc2ccc(CC#N)cc2)c1. The maximum Gasteiger partial charge on any atom is 0.234 e. The van der Waals surface area contributed by atoms with Crippen LogP contribution in [0.3, 0.4) is 0 Å². The summed E-state index contributed by atoms with van der Waals surface area (Å²) in [5.41, 5.74) is 3.56. The Bertz CT molecular complexity index is 945. The number of hydrogen-bond donors (Lipinski definition) is 1. The third-order valence-corrected chi connectivity index (χ3v) is 4.46. The van der Waals surface area contributed by atoms with Crippen LogP contribution in [0, 0.1) is 18.3 Å². The van der Waals surface area contributed by atoms with E-state index < -0.39 is 0 Å². The normalized spacial score (nSPS) is 10.3. The Labute approximate surface area is 155 Å². The van der Waals surface area contributed by atoms with Gasteiger partial charge in [0.05, 0.1) is 23.9 Å². The van der Waals surface area contributed by atoms with E-state index in [-0.39, 0.29) is 11.7 Å². The molecule has 7 nitrogen and oxygen atoms in total. The summed E-state index contributed by atoms with van der Waals surface area (Å²) < 4.78 is 1.61. The van der Waals surface area contributed by atoms with Crippen molar-refractivity contribution in [3.8, 4) is 11.8 Å². The molecule has 0 radical (unpaired) electrons. The largest absolute Gasteiger partial charge is 0.325 e. The summed E-state index contributed by atoms with van der Waals surface area (Å²) in [5, 5.41) is 23.7. The van der Waals surface area contributed by atoms with E-state index >= 15 is 0 Å². The van der Waals surface area contributed by atoms with Crippen molar-refractivity contribution in [1.82, 2.24) is 20.2 Å². The predicted molar refractivity (Wildman–Crippen MR) is 99.0 cm³/mol. The van der Waals surface area contributed by atoms with Crippen molar-refractivity contribution in [3.05, 3.63) is 59.7 Å². The van der Waals surface area contributed by atoms with Crippen molar-refractivity contribution in [2.45, 2.75) is 18.5 Å². The van der Waals surface area contributed by atoms with Gasteiger partial charge in [0.1, 0.15) is 0 Å². The van der Waals surface area contributed by atoms with Crippen molar-refractivity contribution in [2.24, 2.45) is 0 Å². The molecule has 0 spiro atoms. The summed E-state index contributed by atoms with van der Waals surface area (Å²) in [5.74, 6) is 0.0356. The van der Waals surface area contributed by atoms with Crippen LogP contribution in [0.25, 0.3) is 5.69 Å². The number of aryl methyl sites for hydroxylation is 1. The highest BCUT2D eigenvalue weighted by molar-refractivity contribution is 7.99. The lowest BCUT2D eigenvalue weighted by Gasteiger charge is -2.07. The van der Waals surface area contributed by atoms with E-state index in [1.165, 1.54) is 11.8 Å². The summed E-state index contributed by atoms with van der Waals surface area (Å²) in [6.07, 6.45) is 0.353. The van der Waals surface area contributed by atoms with Gasteiger partial charge < -0.3 is 5.32 Å². The Kier molecular flexibility index (Phi) is 5.61. The monoisotopic (exact) mass is 364 g/mol. The van der Waals surface area contributed by atoms with Crippen LogP contribution in [0.1, 0.15) is 11.1 Å². The van der Waals surface area contributed by atoms with Gasteiger partial charge in [-0.3, -0.25) is 4.79 Å². The summed E-state index contributed by atoms with van der Waals surface area (Å²) in [4.78, 5) is 12.2. The highest BCUT2D eigenvalue weighted by Crippen LogP contribution is 2.19. The molecule has 3 rings (SSSR count). The molecule has 0 fully saturated rings. The summed E-state index contributed by atoms with van der Waals surface area (Å²) >= 11 is 1.26. The lowest BCUT2D eigenvalue weighted by atomic mass is 10.1. The van der Waals surface area contributed by atoms with Crippen LogP contribution in [0.2, 0.25) is 0 Å². The minimum Gasteiger partial charge on any atom is -0.325 e. The fraction of sp³-hybridized carbons (Fsp3) is 0.167. The molecule has 8 heteroatoms. The number of aromatic nitrogens is 4. The molecule has 0 aliphatic heterocycles. The average molecular weight is 364 g/mol. The number of nitrogens with zero attached hydrogens (tertiary/aromatic N) is 5. The first-order chi connectivity index (χ1) is 12.7. The van der Waals surface area contributed by atoms with Gasteiger partial charge >= 0.3 is 0 Å². The van der Waals surface area contributed by atoms with Gasteiger partial charge in [0, 0.05) is 5.69 Å². The highest BCUT2D eigenvalue weighted by atomic mass is 32.2. The van der Waals surface area contributed by atoms with E-state index in [0.717, 1.165) is 16.8 Å². The number of amides is 1. The second kappa shape index (κ2) is 8.27. The first-order valence-electron chi connectivity index (χ1n) is 7.89. The molecule has 0 saturated carbocycles. The fourth-order valence-corrected chi connectivity index (χ4v) is 3.01. The average Bonchev–Trinajstić information content (AvgIpc) is 3.10. The molecule has 0 saturated heterocycles. The number of benzene rings is 2. The number of hydrogen-bond acceptors (Lipinski definition) is 6. The summed E-state index contributed by atoms with van der Waals surface area (Å²) in [6, 6.07) is 17.1. The Morgan fingerprint density at radius 2 is 2.08 bits per heavy atom. The van der Waals surface area contributed by atoms with E-state index in [9.17, 15) is 4.79 Å². The van der Waals surface area contributed by atoms with Crippen LogP contribution in [0.5, 0.6) is 0 Å². The number of rotatable bonds is 6. The quantitative estimate of drug-likeness (QED) is 0.676. The Morgan fingerprint density at radius 1 is 1.27 bits per heavy atom. The summed E-state index contributed by atoms with van der Waals surface area (Å²) in [6.45, 7) is 2.00. The first-order valence-corrected chi connectivity index (χ1v) is 8.88. The minimum atomic E-state index is -0.151. The van der Waals surface area contributed by atoms with Gasteiger partial charge in [-0.05, 0) is 52.7 Å². The second-order valence-corrected chi connectivity index (χ2v) is 6.52. The molecule has 2 aromatic carbocycles. The molecule has 0 aliphatic rings. The zero-order valence-electron chi connectivity index (χ0n) is 14.1. The molecule has 3 aromatic rings. The second-order valence-electron chi connectivity index (χ2n) is 5.58. The molecular formula is C18H16N6OS. The maximum absolute atomic E-state index is 12.2. The van der Waals surface area contributed by atoms with Gasteiger partial charge in [-0.2, -0.15) is 9.94 Å². The fourth-order valence-electron chi connectivity index (χ4n) is 2.32. The summed E-state index contributed by atoms with van der Waals surface area (Å²) in [7, 11) is 0. The van der Waals surface area contributed by atoms with E-state index in [1.54, 1.807) is 16.8 Å². The molecule has 130 valence electrons. The number of nitrogens with one attached hydrogen (secondary N) is 1. The smallest absolute Gasteiger partial charge is 0.234 e. The first kappa shape index (κ1) is 17.6. The van der Waals surface area contributed by atoms with Gasteiger partial charge in [0.15, 0.2) is 0 Å². The topological polar surface area (TPSA) is 96.5 Å². The number of nitriles is 1. The Morgan fingerprint density at radius 3 is 2.81 bits per heavy atom. The third kappa shape index (κ3) is 4.46. The van der Waals surface area contributed by atoms with Crippen molar-refractivity contribution >= 4 is 23.4 Å². The van der Waals surface area contributed by atoms with Crippen LogP contribution in [0.4, 0.5) is 5.69 Å². The van der Waals surface area contributed by atoms with E-state index in [1.807, 2.05) is 43.3 Å². The van der Waals surface area contributed by atoms with Crippen LogP contribution < -0.4 is 5.32 Å². The van der Waals surface area contributed by atoms with Crippen LogP contribution in [-0.2, 0) is 11.2 Å². The molecule has 1 aromatic heterocycles. The molecule has 0 unspecified atom stereocenters. The van der Waals surface area contributed by atoms with Gasteiger partial charge in [-0.1, -0.05) is 36.0 Å². The highest BCUT2D eigenvalue weighted by Gasteiger charge is 2.12. The molecule has 0 bridgehead atoms. The third-order valence-electron chi connectivity index (χ3n) is 3.54. The maximum atomic E-state index is 12.2.